The molecule has 0 atom stereocenters. The van der Waals surface area contributed by atoms with E-state index in [9.17, 15) is 18.8 Å². The second-order valence-corrected chi connectivity index (χ2v) is 9.64. The number of ether oxygens (including phenoxy) is 1. The van der Waals surface area contributed by atoms with Crippen LogP contribution in [-0.4, -0.2) is 67.9 Å². The quantitative estimate of drug-likeness (QED) is 0.373. The van der Waals surface area contributed by atoms with Gasteiger partial charge in [0.25, 0.3) is 11.8 Å². The molecule has 1 saturated heterocycles. The van der Waals surface area contributed by atoms with Crippen LogP contribution in [0.4, 0.5) is 15.8 Å². The van der Waals surface area contributed by atoms with Crippen LogP contribution in [0.5, 0.6) is 0 Å². The van der Waals surface area contributed by atoms with E-state index in [0.717, 1.165) is 18.7 Å². The summed E-state index contributed by atoms with van der Waals surface area (Å²) in [7, 11) is 3.38. The average Bonchev–Trinajstić information content (AvgIpc) is 3.27. The number of carbonyl (C=O) groups excluding carboxylic acids is 3. The van der Waals surface area contributed by atoms with Gasteiger partial charge in [-0.1, -0.05) is 24.3 Å². The molecular weight excluding hydrogens is 499 g/mol. The molecule has 2 heterocycles. The molecule has 2 aliphatic heterocycles. The first-order valence-corrected chi connectivity index (χ1v) is 12.7. The van der Waals surface area contributed by atoms with Crippen LogP contribution in [0.1, 0.15) is 27.0 Å². The van der Waals surface area contributed by atoms with Gasteiger partial charge >= 0.3 is 5.97 Å². The van der Waals surface area contributed by atoms with Crippen molar-refractivity contribution in [1.82, 2.24) is 9.80 Å². The maximum absolute atomic E-state index is 13.9. The predicted molar refractivity (Wildman–Crippen MR) is 147 cm³/mol. The number of carbonyl (C=O) groups is 3. The molecule has 200 valence electrons. The molecule has 0 aromatic heterocycles. The molecule has 0 aliphatic carbocycles. The number of benzene rings is 3. The van der Waals surface area contributed by atoms with Crippen LogP contribution in [0.25, 0.3) is 11.3 Å². The lowest BCUT2D eigenvalue weighted by molar-refractivity contribution is -0.139. The molecule has 2 aliphatic rings. The molecule has 2 N–H and O–H groups in total. The van der Waals surface area contributed by atoms with Crippen LogP contribution in [0.2, 0.25) is 0 Å². The molecule has 0 saturated carbocycles. The Kier molecular flexibility index (Phi) is 7.42. The van der Waals surface area contributed by atoms with E-state index in [0.29, 0.717) is 52.4 Å². The Labute approximate surface area is 226 Å². The van der Waals surface area contributed by atoms with Crippen molar-refractivity contribution in [2.24, 2.45) is 0 Å². The van der Waals surface area contributed by atoms with E-state index in [1.165, 1.54) is 19.2 Å². The molecule has 0 unspecified atom stereocenters. The lowest BCUT2D eigenvalue weighted by atomic mass is 9.98. The lowest BCUT2D eigenvalue weighted by Gasteiger charge is -2.32. The van der Waals surface area contributed by atoms with Crippen molar-refractivity contribution in [2.45, 2.75) is 6.42 Å². The Morgan fingerprint density at radius 3 is 2.28 bits per heavy atom. The summed E-state index contributed by atoms with van der Waals surface area (Å²) in [6.45, 7) is 3.06. The predicted octanol–water partition coefficient (Wildman–Crippen LogP) is 3.86. The smallest absolute Gasteiger partial charge is 0.309 e. The van der Waals surface area contributed by atoms with Gasteiger partial charge in [-0.05, 0) is 60.6 Å². The van der Waals surface area contributed by atoms with Gasteiger partial charge in [-0.15, -0.1) is 0 Å². The summed E-state index contributed by atoms with van der Waals surface area (Å²) in [6, 6.07) is 18.5. The number of fused-ring (bicyclic) bond motifs is 1. The van der Waals surface area contributed by atoms with Gasteiger partial charge in [0.1, 0.15) is 5.82 Å². The topological polar surface area (TPSA) is 91.0 Å². The van der Waals surface area contributed by atoms with Crippen LogP contribution < -0.4 is 10.6 Å². The molecule has 5 rings (SSSR count). The molecule has 2 amide bonds. The fourth-order valence-corrected chi connectivity index (χ4v) is 4.73. The molecule has 9 heteroatoms. The number of nitrogens with one attached hydrogen (secondary N) is 2. The van der Waals surface area contributed by atoms with Crippen LogP contribution in [0.15, 0.2) is 66.7 Å². The van der Waals surface area contributed by atoms with Crippen molar-refractivity contribution in [3.05, 3.63) is 94.8 Å². The largest absolute Gasteiger partial charge is 0.469 e. The molecule has 0 bridgehead atoms. The third-order valence-electron chi connectivity index (χ3n) is 6.99. The van der Waals surface area contributed by atoms with Gasteiger partial charge in [-0.25, -0.2) is 4.39 Å². The summed E-state index contributed by atoms with van der Waals surface area (Å²) in [6.07, 6.45) is 0.126. The fourth-order valence-electron chi connectivity index (χ4n) is 4.73. The zero-order valence-electron chi connectivity index (χ0n) is 21.8. The van der Waals surface area contributed by atoms with E-state index in [1.807, 2.05) is 24.1 Å². The minimum atomic E-state index is -0.447. The number of anilines is 2. The molecule has 0 radical (unpaired) electrons. The van der Waals surface area contributed by atoms with Crippen molar-refractivity contribution in [3.63, 3.8) is 0 Å². The standard InChI is InChI=1S/C30H29FN4O4/c1-34-13-15-35(16-14-34)30(38)21-7-10-23(11-8-21)32-28(20-5-3-19(4-6-20)17-26(36)39-2)27-24-12-9-22(31)18-25(24)33-29(27)37/h3-12,18,32H,13-17H2,1-2H3,(H,33,37). The van der Waals surface area contributed by atoms with Crippen LogP contribution in [-0.2, 0) is 20.7 Å². The molecule has 1 fully saturated rings. The third kappa shape index (κ3) is 5.68. The van der Waals surface area contributed by atoms with Gasteiger partial charge in [-0.3, -0.25) is 14.4 Å². The normalized spacial score (nSPS) is 16.4. The van der Waals surface area contributed by atoms with E-state index in [-0.39, 0.29) is 24.2 Å². The summed E-state index contributed by atoms with van der Waals surface area (Å²) in [5.41, 5.74) is 4.57. The molecule has 8 nitrogen and oxygen atoms in total. The van der Waals surface area contributed by atoms with Crippen molar-refractivity contribution >= 4 is 40.4 Å². The number of rotatable bonds is 6. The lowest BCUT2D eigenvalue weighted by Crippen LogP contribution is -2.47. The highest BCUT2D eigenvalue weighted by atomic mass is 19.1. The maximum Gasteiger partial charge on any atom is 0.309 e. The maximum atomic E-state index is 13.9. The van der Waals surface area contributed by atoms with E-state index >= 15 is 0 Å². The van der Waals surface area contributed by atoms with E-state index < -0.39 is 5.82 Å². The number of hydrogen-bond donors (Lipinski definition) is 2. The second-order valence-electron chi connectivity index (χ2n) is 9.64. The number of halogens is 1. The monoisotopic (exact) mass is 528 g/mol. The highest BCUT2D eigenvalue weighted by Gasteiger charge is 2.29. The third-order valence-corrected chi connectivity index (χ3v) is 6.99. The number of nitrogens with zero attached hydrogens (tertiary/aromatic N) is 2. The average molecular weight is 529 g/mol. The van der Waals surface area contributed by atoms with E-state index in [4.69, 9.17) is 4.74 Å². The number of likely N-dealkylation sites (N-methyl/N-ethyl adjacent to an activating group) is 1. The molecule has 3 aromatic carbocycles. The van der Waals surface area contributed by atoms with Gasteiger partial charge < -0.3 is 25.2 Å². The number of methoxy groups -OCH3 is 1. The van der Waals surface area contributed by atoms with Gasteiger partial charge in [-0.2, -0.15) is 0 Å². The van der Waals surface area contributed by atoms with Crippen molar-refractivity contribution in [1.29, 1.82) is 0 Å². The zero-order valence-corrected chi connectivity index (χ0v) is 21.8. The number of piperazine rings is 1. The molecule has 39 heavy (non-hydrogen) atoms. The first-order valence-electron chi connectivity index (χ1n) is 12.7. The second kappa shape index (κ2) is 11.1. The van der Waals surface area contributed by atoms with Crippen LogP contribution in [0, 0.1) is 5.82 Å². The zero-order chi connectivity index (χ0) is 27.5. The van der Waals surface area contributed by atoms with Crippen molar-refractivity contribution < 1.29 is 23.5 Å². The van der Waals surface area contributed by atoms with Gasteiger partial charge in [0.15, 0.2) is 0 Å². The SMILES string of the molecule is COC(=O)Cc1ccc(C(Nc2ccc(C(=O)N3CCN(C)CC3)cc2)=C2C(=O)Nc3cc(F)ccc32)cc1. The summed E-state index contributed by atoms with van der Waals surface area (Å²) >= 11 is 0. The highest BCUT2D eigenvalue weighted by molar-refractivity contribution is 6.37. The van der Waals surface area contributed by atoms with E-state index in [2.05, 4.69) is 15.5 Å². The Balaban J connectivity index is 1.47. The summed E-state index contributed by atoms with van der Waals surface area (Å²) < 4.78 is 18.6. The van der Waals surface area contributed by atoms with Crippen molar-refractivity contribution in [2.75, 3.05) is 51.0 Å². The van der Waals surface area contributed by atoms with Gasteiger partial charge in [0.05, 0.1) is 30.5 Å². The summed E-state index contributed by atoms with van der Waals surface area (Å²) in [5.74, 6) is -1.17. The number of esters is 1. The first kappa shape index (κ1) is 26.1. The molecular formula is C30H29FN4O4. The fraction of sp³-hybridized carbons (Fsp3) is 0.233. The molecule has 3 aromatic rings. The van der Waals surface area contributed by atoms with Crippen LogP contribution >= 0.6 is 0 Å². The minimum absolute atomic E-state index is 0.0134. The highest BCUT2D eigenvalue weighted by Crippen LogP contribution is 2.38. The Bertz CT molecular complexity index is 1440. The first-order chi connectivity index (χ1) is 18.8. The Morgan fingerprint density at radius 2 is 1.62 bits per heavy atom. The van der Waals surface area contributed by atoms with Crippen LogP contribution in [0.3, 0.4) is 0 Å². The van der Waals surface area contributed by atoms with Gasteiger partial charge in [0.2, 0.25) is 0 Å². The number of hydrogen-bond acceptors (Lipinski definition) is 6. The minimum Gasteiger partial charge on any atom is -0.469 e. The molecule has 0 spiro atoms. The number of amides is 2. The Hall–Kier alpha value is -4.50. The van der Waals surface area contributed by atoms with Crippen molar-refractivity contribution in [3.8, 4) is 0 Å². The van der Waals surface area contributed by atoms with E-state index in [1.54, 1.807) is 42.5 Å². The summed E-state index contributed by atoms with van der Waals surface area (Å²) in [4.78, 5) is 41.8. The Morgan fingerprint density at radius 1 is 0.949 bits per heavy atom. The summed E-state index contributed by atoms with van der Waals surface area (Å²) in [5, 5.41) is 6.09. The van der Waals surface area contributed by atoms with Gasteiger partial charge in [0, 0.05) is 43.0 Å².